The number of amides is 1. The van der Waals surface area contributed by atoms with E-state index in [1.54, 1.807) is 60.6 Å². The van der Waals surface area contributed by atoms with Crippen molar-refractivity contribution in [3.8, 4) is 11.4 Å². The largest absolute Gasteiger partial charge is 0.495 e. The zero-order valence-corrected chi connectivity index (χ0v) is 21.4. The molecule has 0 aliphatic heterocycles. The number of nitro groups is 1. The fourth-order valence-corrected chi connectivity index (χ4v) is 4.46. The van der Waals surface area contributed by atoms with E-state index in [1.807, 2.05) is 32.0 Å². The number of nitrogens with zero attached hydrogens (tertiary/aromatic N) is 4. The highest BCUT2D eigenvalue weighted by atomic mass is 16.6. The summed E-state index contributed by atoms with van der Waals surface area (Å²) in [5.41, 5.74) is 1.46. The van der Waals surface area contributed by atoms with E-state index in [0.717, 1.165) is 0 Å². The molecular formula is C29H28N4O5. The van der Waals surface area contributed by atoms with Crippen LogP contribution in [0.1, 0.15) is 37.7 Å². The molecule has 0 aliphatic carbocycles. The van der Waals surface area contributed by atoms with E-state index in [2.05, 4.69) is 0 Å². The molecule has 0 saturated heterocycles. The van der Waals surface area contributed by atoms with Crippen LogP contribution in [-0.4, -0.2) is 38.9 Å². The van der Waals surface area contributed by atoms with Crippen molar-refractivity contribution in [3.05, 3.63) is 111 Å². The van der Waals surface area contributed by atoms with Crippen molar-refractivity contribution in [3.63, 3.8) is 0 Å². The van der Waals surface area contributed by atoms with Crippen molar-refractivity contribution in [2.75, 3.05) is 13.7 Å². The second kappa shape index (κ2) is 11.5. The van der Waals surface area contributed by atoms with E-state index in [1.165, 1.54) is 22.8 Å². The molecule has 4 aromatic rings. The number of carbonyl (C=O) groups excluding carboxylic acids is 1. The summed E-state index contributed by atoms with van der Waals surface area (Å²) in [5, 5.41) is 11.4. The molecular weight excluding hydrogens is 484 g/mol. The Hall–Kier alpha value is -4.79. The number of likely N-dealkylation sites (N-methyl/N-ethyl adjacent to an activating group) is 1. The Balaban J connectivity index is 1.81. The van der Waals surface area contributed by atoms with Crippen LogP contribution >= 0.6 is 0 Å². The molecule has 0 spiro atoms. The van der Waals surface area contributed by atoms with Crippen molar-refractivity contribution in [2.24, 2.45) is 0 Å². The number of fused-ring (bicyclic) bond motifs is 1. The summed E-state index contributed by atoms with van der Waals surface area (Å²) in [6, 6.07) is 19.8. The Kier molecular flexibility index (Phi) is 7.96. The lowest BCUT2D eigenvalue weighted by Gasteiger charge is -2.31. The van der Waals surface area contributed by atoms with Crippen molar-refractivity contribution in [1.29, 1.82) is 0 Å². The molecule has 38 heavy (non-hydrogen) atoms. The highest BCUT2D eigenvalue weighted by molar-refractivity contribution is 5.92. The van der Waals surface area contributed by atoms with Gasteiger partial charge in [0.05, 0.1) is 34.7 Å². The van der Waals surface area contributed by atoms with Crippen LogP contribution in [0, 0.1) is 10.1 Å². The van der Waals surface area contributed by atoms with Gasteiger partial charge in [-0.3, -0.25) is 24.3 Å². The van der Waals surface area contributed by atoms with E-state index in [0.29, 0.717) is 46.7 Å². The molecule has 1 heterocycles. The van der Waals surface area contributed by atoms with Crippen LogP contribution < -0.4 is 10.3 Å². The SMILES string of the molecule is CCC(c1nc2ccccc2c(=O)n1-c1ccccc1OC)N(CC)C(=O)/C=C/c1ccc([N+](=O)[O-])cc1. The first kappa shape index (κ1) is 26.3. The summed E-state index contributed by atoms with van der Waals surface area (Å²) >= 11 is 0. The average Bonchev–Trinajstić information content (AvgIpc) is 2.94. The predicted molar refractivity (Wildman–Crippen MR) is 146 cm³/mol. The number of methoxy groups -OCH3 is 1. The number of benzene rings is 3. The minimum atomic E-state index is -0.517. The highest BCUT2D eigenvalue weighted by Crippen LogP contribution is 2.29. The second-order valence-corrected chi connectivity index (χ2v) is 8.53. The van der Waals surface area contributed by atoms with Gasteiger partial charge in [-0.2, -0.15) is 0 Å². The normalized spacial score (nSPS) is 12.0. The molecule has 1 amide bonds. The Morgan fingerprint density at radius 1 is 1.08 bits per heavy atom. The molecule has 9 nitrogen and oxygen atoms in total. The van der Waals surface area contributed by atoms with Crippen LogP contribution in [-0.2, 0) is 4.79 Å². The maximum atomic E-state index is 13.8. The van der Waals surface area contributed by atoms with Crippen LogP contribution in [0.15, 0.2) is 83.7 Å². The number of hydrogen-bond donors (Lipinski definition) is 0. The fraction of sp³-hybridized carbons (Fsp3) is 0.207. The number of nitro benzene ring substituents is 1. The molecule has 1 aromatic heterocycles. The Morgan fingerprint density at radius 2 is 1.76 bits per heavy atom. The van der Waals surface area contributed by atoms with Crippen molar-refractivity contribution >= 4 is 28.6 Å². The molecule has 0 aliphatic rings. The van der Waals surface area contributed by atoms with Gasteiger partial charge in [-0.05, 0) is 61.4 Å². The lowest BCUT2D eigenvalue weighted by molar-refractivity contribution is -0.384. The summed E-state index contributed by atoms with van der Waals surface area (Å²) < 4.78 is 7.09. The first-order valence-corrected chi connectivity index (χ1v) is 12.3. The van der Waals surface area contributed by atoms with Gasteiger partial charge >= 0.3 is 0 Å². The van der Waals surface area contributed by atoms with Gasteiger partial charge in [0.15, 0.2) is 0 Å². The molecule has 4 rings (SSSR count). The van der Waals surface area contributed by atoms with E-state index >= 15 is 0 Å². The summed E-state index contributed by atoms with van der Waals surface area (Å²) in [5.74, 6) is 0.668. The number of aromatic nitrogens is 2. The zero-order chi connectivity index (χ0) is 27.2. The third-order valence-corrected chi connectivity index (χ3v) is 6.33. The molecule has 0 N–H and O–H groups in total. The molecule has 194 valence electrons. The average molecular weight is 513 g/mol. The summed E-state index contributed by atoms with van der Waals surface area (Å²) in [6.07, 6.45) is 3.55. The molecule has 1 unspecified atom stereocenters. The number of ether oxygens (including phenoxy) is 1. The smallest absolute Gasteiger partial charge is 0.269 e. The zero-order valence-electron chi connectivity index (χ0n) is 21.4. The third kappa shape index (κ3) is 5.17. The number of para-hydroxylation sites is 3. The standard InChI is InChI=1S/C29H28N4O5/c1-4-24(31(5-2)27(34)19-16-20-14-17-21(18-15-20)33(36)37)28-30-23-11-7-6-10-22(23)29(35)32(28)25-12-8-9-13-26(25)38-3/h6-19,24H,4-5H2,1-3H3/b19-16+. The number of hydrogen-bond acceptors (Lipinski definition) is 6. The van der Waals surface area contributed by atoms with Crippen LogP contribution in [0.2, 0.25) is 0 Å². The number of rotatable bonds is 9. The van der Waals surface area contributed by atoms with E-state index in [9.17, 15) is 19.7 Å². The van der Waals surface area contributed by atoms with E-state index < -0.39 is 11.0 Å². The molecule has 0 fully saturated rings. The quantitative estimate of drug-likeness (QED) is 0.171. The molecule has 0 bridgehead atoms. The highest BCUT2D eigenvalue weighted by Gasteiger charge is 2.28. The van der Waals surface area contributed by atoms with Crippen LogP contribution in [0.3, 0.4) is 0 Å². The molecule has 9 heteroatoms. The maximum absolute atomic E-state index is 13.8. The Morgan fingerprint density at radius 3 is 2.42 bits per heavy atom. The molecule has 0 saturated carbocycles. The molecule has 1 atom stereocenters. The first-order valence-electron chi connectivity index (χ1n) is 12.3. The molecule has 0 radical (unpaired) electrons. The minimum absolute atomic E-state index is 0.0219. The van der Waals surface area contributed by atoms with Gasteiger partial charge in [-0.25, -0.2) is 4.98 Å². The van der Waals surface area contributed by atoms with E-state index in [-0.39, 0.29) is 17.2 Å². The topological polar surface area (TPSA) is 108 Å². The van der Waals surface area contributed by atoms with Crippen molar-refractivity contribution in [2.45, 2.75) is 26.3 Å². The van der Waals surface area contributed by atoms with Gasteiger partial charge in [0, 0.05) is 24.8 Å². The van der Waals surface area contributed by atoms with Gasteiger partial charge in [-0.1, -0.05) is 31.2 Å². The first-order chi connectivity index (χ1) is 18.4. The Bertz CT molecular complexity index is 1560. The Labute approximate surface area is 219 Å². The molecule has 3 aromatic carbocycles. The van der Waals surface area contributed by atoms with Gasteiger partial charge in [-0.15, -0.1) is 0 Å². The van der Waals surface area contributed by atoms with Gasteiger partial charge < -0.3 is 9.64 Å². The number of non-ortho nitro benzene ring substituents is 1. The fourth-order valence-electron chi connectivity index (χ4n) is 4.46. The van der Waals surface area contributed by atoms with Crippen molar-refractivity contribution in [1.82, 2.24) is 14.5 Å². The van der Waals surface area contributed by atoms with Crippen LogP contribution in [0.4, 0.5) is 5.69 Å². The van der Waals surface area contributed by atoms with Crippen LogP contribution in [0.25, 0.3) is 22.7 Å². The van der Waals surface area contributed by atoms with Gasteiger partial charge in [0.1, 0.15) is 11.6 Å². The van der Waals surface area contributed by atoms with Gasteiger partial charge in [0.25, 0.3) is 11.2 Å². The minimum Gasteiger partial charge on any atom is -0.495 e. The lowest BCUT2D eigenvalue weighted by Crippen LogP contribution is -2.37. The summed E-state index contributed by atoms with van der Waals surface area (Å²) in [7, 11) is 1.54. The summed E-state index contributed by atoms with van der Waals surface area (Å²) in [6.45, 7) is 4.18. The summed E-state index contributed by atoms with van der Waals surface area (Å²) in [4.78, 5) is 44.2. The second-order valence-electron chi connectivity index (χ2n) is 8.53. The van der Waals surface area contributed by atoms with Crippen molar-refractivity contribution < 1.29 is 14.5 Å². The lowest BCUT2D eigenvalue weighted by atomic mass is 10.1. The predicted octanol–water partition coefficient (Wildman–Crippen LogP) is 5.32. The maximum Gasteiger partial charge on any atom is 0.269 e. The van der Waals surface area contributed by atoms with Crippen LogP contribution in [0.5, 0.6) is 5.75 Å². The van der Waals surface area contributed by atoms with Gasteiger partial charge in [0.2, 0.25) is 5.91 Å². The monoisotopic (exact) mass is 512 g/mol. The number of carbonyl (C=O) groups is 1. The third-order valence-electron chi connectivity index (χ3n) is 6.33. The van der Waals surface area contributed by atoms with E-state index in [4.69, 9.17) is 9.72 Å².